The van der Waals surface area contributed by atoms with Gasteiger partial charge in [0.1, 0.15) is 0 Å². The van der Waals surface area contributed by atoms with Gasteiger partial charge >= 0.3 is 0 Å². The summed E-state index contributed by atoms with van der Waals surface area (Å²) < 4.78 is 0. The Balaban J connectivity index is 1.71. The van der Waals surface area contributed by atoms with Crippen molar-refractivity contribution in [3.05, 3.63) is 53.6 Å². The van der Waals surface area contributed by atoms with Crippen molar-refractivity contribution in [2.75, 3.05) is 16.0 Å². The lowest BCUT2D eigenvalue weighted by Crippen LogP contribution is -2.15. The number of hydrogen-bond acceptors (Lipinski definition) is 3. The fourth-order valence-corrected chi connectivity index (χ4v) is 2.56. The van der Waals surface area contributed by atoms with Crippen LogP contribution in [-0.4, -0.2) is 17.7 Å². The van der Waals surface area contributed by atoms with E-state index in [1.807, 2.05) is 13.0 Å². The predicted octanol–water partition coefficient (Wildman–Crippen LogP) is 3.55. The Morgan fingerprint density at radius 2 is 1.65 bits per heavy atom. The summed E-state index contributed by atoms with van der Waals surface area (Å²) in [5.41, 5.74) is 3.19. The van der Waals surface area contributed by atoms with Gasteiger partial charge < -0.3 is 16.0 Å². The van der Waals surface area contributed by atoms with Gasteiger partial charge in [0, 0.05) is 35.5 Å². The average Bonchev–Trinajstić information content (AvgIpc) is 3.43. The van der Waals surface area contributed by atoms with Gasteiger partial charge in [-0.15, -0.1) is 0 Å². The van der Waals surface area contributed by atoms with Crippen molar-refractivity contribution in [2.45, 2.75) is 26.7 Å². The number of aryl methyl sites for hydroxylation is 1. The molecule has 1 aliphatic rings. The molecule has 1 fully saturated rings. The van der Waals surface area contributed by atoms with Crippen molar-refractivity contribution in [1.82, 2.24) is 0 Å². The molecule has 0 atom stereocenters. The molecule has 134 valence electrons. The highest BCUT2D eigenvalue weighted by Gasteiger charge is 2.29. The first kappa shape index (κ1) is 17.7. The molecule has 0 bridgehead atoms. The molecule has 0 saturated heterocycles. The fourth-order valence-electron chi connectivity index (χ4n) is 2.56. The lowest BCUT2D eigenvalue weighted by atomic mass is 10.1. The molecule has 26 heavy (non-hydrogen) atoms. The molecule has 0 spiro atoms. The topological polar surface area (TPSA) is 87.3 Å². The minimum atomic E-state index is -0.287. The number of anilines is 3. The molecule has 0 aromatic heterocycles. The molecule has 2 aromatic rings. The Morgan fingerprint density at radius 3 is 2.35 bits per heavy atom. The highest BCUT2D eigenvalue weighted by Crippen LogP contribution is 2.30. The second kappa shape index (κ2) is 7.39. The van der Waals surface area contributed by atoms with E-state index in [0.717, 1.165) is 18.4 Å². The van der Waals surface area contributed by atoms with Crippen LogP contribution in [0.25, 0.3) is 0 Å². The van der Waals surface area contributed by atoms with Gasteiger partial charge in [0.05, 0.1) is 0 Å². The van der Waals surface area contributed by atoms with Crippen LogP contribution in [-0.2, 0) is 9.59 Å². The number of benzene rings is 2. The standard InChI is InChI=1S/C20H21N3O3/c1-12-6-9-17(11-18(12)21-13(2)24)23-20(26)15-4-3-5-16(10-15)22-19(25)14-7-8-14/h3-6,9-11,14H,7-8H2,1-2H3,(H,21,24)(H,22,25)(H,23,26). The van der Waals surface area contributed by atoms with Crippen LogP contribution in [0.2, 0.25) is 0 Å². The maximum absolute atomic E-state index is 12.5. The molecule has 1 saturated carbocycles. The van der Waals surface area contributed by atoms with Gasteiger partial charge in [-0.25, -0.2) is 0 Å². The highest BCUT2D eigenvalue weighted by molar-refractivity contribution is 6.06. The molecular formula is C20H21N3O3. The van der Waals surface area contributed by atoms with E-state index in [9.17, 15) is 14.4 Å². The van der Waals surface area contributed by atoms with Crippen LogP contribution in [0.3, 0.4) is 0 Å². The summed E-state index contributed by atoms with van der Waals surface area (Å²) in [6, 6.07) is 12.1. The summed E-state index contributed by atoms with van der Waals surface area (Å²) in [6.07, 6.45) is 1.85. The quantitative estimate of drug-likeness (QED) is 0.770. The third-order valence-electron chi connectivity index (χ3n) is 4.15. The monoisotopic (exact) mass is 351 g/mol. The smallest absolute Gasteiger partial charge is 0.255 e. The first-order valence-corrected chi connectivity index (χ1v) is 8.53. The molecule has 6 heteroatoms. The minimum absolute atomic E-state index is 0.000965. The van der Waals surface area contributed by atoms with E-state index >= 15 is 0 Å². The van der Waals surface area contributed by atoms with Crippen molar-refractivity contribution in [3.8, 4) is 0 Å². The maximum Gasteiger partial charge on any atom is 0.255 e. The molecular weight excluding hydrogens is 330 g/mol. The van der Waals surface area contributed by atoms with E-state index in [1.165, 1.54) is 6.92 Å². The third-order valence-corrected chi connectivity index (χ3v) is 4.15. The number of hydrogen-bond donors (Lipinski definition) is 3. The van der Waals surface area contributed by atoms with Gasteiger partial charge in [0.15, 0.2) is 0 Å². The summed E-state index contributed by atoms with van der Waals surface area (Å²) in [6.45, 7) is 3.31. The molecule has 2 aromatic carbocycles. The summed E-state index contributed by atoms with van der Waals surface area (Å²) in [4.78, 5) is 35.6. The van der Waals surface area contributed by atoms with E-state index in [-0.39, 0.29) is 23.6 Å². The van der Waals surface area contributed by atoms with Crippen molar-refractivity contribution >= 4 is 34.8 Å². The number of nitrogens with one attached hydrogen (secondary N) is 3. The maximum atomic E-state index is 12.5. The second-order valence-electron chi connectivity index (χ2n) is 6.51. The molecule has 0 unspecified atom stereocenters. The van der Waals surface area contributed by atoms with Gasteiger partial charge in [-0.3, -0.25) is 14.4 Å². The lowest BCUT2D eigenvalue weighted by Gasteiger charge is -2.11. The van der Waals surface area contributed by atoms with Crippen LogP contribution < -0.4 is 16.0 Å². The summed E-state index contributed by atoms with van der Waals surface area (Å²) in [7, 11) is 0. The third kappa shape index (κ3) is 4.47. The number of carbonyl (C=O) groups excluding carboxylic acids is 3. The average molecular weight is 351 g/mol. The Kier molecular flexibility index (Phi) is 5.02. The fraction of sp³-hybridized carbons (Fsp3) is 0.250. The summed E-state index contributed by atoms with van der Waals surface area (Å²) in [5, 5.41) is 8.38. The normalized spacial score (nSPS) is 13.0. The first-order valence-electron chi connectivity index (χ1n) is 8.53. The number of carbonyl (C=O) groups is 3. The predicted molar refractivity (Wildman–Crippen MR) is 101 cm³/mol. The first-order chi connectivity index (χ1) is 12.4. The summed E-state index contributed by atoms with van der Waals surface area (Å²) in [5.74, 6) is -0.353. The molecule has 3 amide bonds. The Morgan fingerprint density at radius 1 is 0.923 bits per heavy atom. The molecule has 0 heterocycles. The second-order valence-corrected chi connectivity index (χ2v) is 6.51. The van der Waals surface area contributed by atoms with E-state index in [1.54, 1.807) is 36.4 Å². The molecule has 0 radical (unpaired) electrons. The summed E-state index contributed by atoms with van der Waals surface area (Å²) >= 11 is 0. The van der Waals surface area contributed by atoms with E-state index in [2.05, 4.69) is 16.0 Å². The minimum Gasteiger partial charge on any atom is -0.326 e. The highest BCUT2D eigenvalue weighted by atomic mass is 16.2. The van der Waals surface area contributed by atoms with E-state index < -0.39 is 0 Å². The zero-order valence-electron chi connectivity index (χ0n) is 14.8. The van der Waals surface area contributed by atoms with Gasteiger partial charge in [0.25, 0.3) is 5.91 Å². The van der Waals surface area contributed by atoms with Crippen molar-refractivity contribution in [1.29, 1.82) is 0 Å². The van der Waals surface area contributed by atoms with Gasteiger partial charge in [0.2, 0.25) is 11.8 Å². The van der Waals surface area contributed by atoms with Gasteiger partial charge in [-0.2, -0.15) is 0 Å². The van der Waals surface area contributed by atoms with Crippen LogP contribution in [0.15, 0.2) is 42.5 Å². The number of amides is 3. The van der Waals surface area contributed by atoms with Crippen LogP contribution in [0.5, 0.6) is 0 Å². The molecule has 3 N–H and O–H groups in total. The molecule has 3 rings (SSSR count). The molecule has 0 aliphatic heterocycles. The van der Waals surface area contributed by atoms with E-state index in [4.69, 9.17) is 0 Å². The van der Waals surface area contributed by atoms with Crippen molar-refractivity contribution < 1.29 is 14.4 Å². The zero-order chi connectivity index (χ0) is 18.7. The largest absolute Gasteiger partial charge is 0.326 e. The zero-order valence-corrected chi connectivity index (χ0v) is 14.8. The Bertz CT molecular complexity index is 872. The van der Waals surface area contributed by atoms with Crippen LogP contribution in [0.1, 0.15) is 35.7 Å². The van der Waals surface area contributed by atoms with Crippen LogP contribution >= 0.6 is 0 Å². The van der Waals surface area contributed by atoms with Crippen LogP contribution in [0.4, 0.5) is 17.1 Å². The Hall–Kier alpha value is -3.15. The number of rotatable bonds is 5. The Labute approximate surface area is 152 Å². The lowest BCUT2D eigenvalue weighted by molar-refractivity contribution is -0.117. The van der Waals surface area contributed by atoms with Gasteiger partial charge in [-0.05, 0) is 55.7 Å². The molecule has 6 nitrogen and oxygen atoms in total. The van der Waals surface area contributed by atoms with Crippen molar-refractivity contribution in [2.24, 2.45) is 5.92 Å². The molecule has 1 aliphatic carbocycles. The van der Waals surface area contributed by atoms with Gasteiger partial charge in [-0.1, -0.05) is 12.1 Å². The van der Waals surface area contributed by atoms with Crippen LogP contribution in [0, 0.1) is 12.8 Å². The van der Waals surface area contributed by atoms with Crippen molar-refractivity contribution in [3.63, 3.8) is 0 Å². The SMILES string of the molecule is CC(=O)Nc1cc(NC(=O)c2cccc(NC(=O)C3CC3)c2)ccc1C. The van der Waals surface area contributed by atoms with E-state index in [0.29, 0.717) is 22.6 Å².